The second-order valence-electron chi connectivity index (χ2n) is 7.83. The monoisotopic (exact) mass is 505 g/mol. The van der Waals surface area contributed by atoms with Gasteiger partial charge in [0.2, 0.25) is 5.91 Å². The van der Waals surface area contributed by atoms with E-state index in [1.54, 1.807) is 17.3 Å². The molecule has 2 aromatic carbocycles. The van der Waals surface area contributed by atoms with Crippen LogP contribution in [0.5, 0.6) is 0 Å². The molecule has 1 amide bonds. The first-order valence-corrected chi connectivity index (χ1v) is 11.1. The highest BCUT2D eigenvalue weighted by Crippen LogP contribution is 2.30. The van der Waals surface area contributed by atoms with Gasteiger partial charge in [-0.3, -0.25) is 15.1 Å². The molecular formula is C25H23ClF3N3O3. The predicted molar refractivity (Wildman–Crippen MR) is 127 cm³/mol. The summed E-state index contributed by atoms with van der Waals surface area (Å²) >= 11 is 6.27. The van der Waals surface area contributed by atoms with Crippen molar-refractivity contribution in [1.82, 2.24) is 10.3 Å². The molecule has 0 aliphatic carbocycles. The van der Waals surface area contributed by atoms with Crippen LogP contribution in [-0.4, -0.2) is 40.7 Å². The van der Waals surface area contributed by atoms with Crippen molar-refractivity contribution in [3.05, 3.63) is 83.6 Å². The highest BCUT2D eigenvalue weighted by molar-refractivity contribution is 6.33. The van der Waals surface area contributed by atoms with Gasteiger partial charge in [0.25, 0.3) is 0 Å². The Morgan fingerprint density at radius 2 is 1.66 bits per heavy atom. The maximum absolute atomic E-state index is 12.9. The molecule has 3 aromatic rings. The van der Waals surface area contributed by atoms with Crippen LogP contribution < -0.4 is 10.2 Å². The topological polar surface area (TPSA) is 82.5 Å². The first-order valence-electron chi connectivity index (χ1n) is 10.7. The third kappa shape index (κ3) is 6.80. The number of aliphatic carboxylic acids is 1. The Kier molecular flexibility index (Phi) is 8.48. The minimum absolute atomic E-state index is 0.0756. The number of carbonyl (C=O) groups is 2. The van der Waals surface area contributed by atoms with Gasteiger partial charge in [0.1, 0.15) is 0 Å². The maximum atomic E-state index is 12.9. The van der Waals surface area contributed by atoms with Gasteiger partial charge >= 0.3 is 12.1 Å². The summed E-state index contributed by atoms with van der Waals surface area (Å²) in [6.07, 6.45) is -0.725. The van der Waals surface area contributed by atoms with Crippen molar-refractivity contribution in [3.8, 4) is 11.1 Å². The zero-order valence-corrected chi connectivity index (χ0v) is 19.4. The molecule has 1 aliphatic rings. The molecule has 10 heteroatoms. The van der Waals surface area contributed by atoms with Crippen LogP contribution in [0.4, 0.5) is 18.9 Å². The van der Waals surface area contributed by atoms with Gasteiger partial charge in [0.15, 0.2) is 0 Å². The van der Waals surface area contributed by atoms with E-state index < -0.39 is 12.1 Å². The second kappa shape index (κ2) is 11.3. The minimum atomic E-state index is -5.08. The normalized spacial score (nSPS) is 16.4. The number of hydrogen-bond donors (Lipinski definition) is 2. The Balaban J connectivity index is 0.000000429. The van der Waals surface area contributed by atoms with E-state index in [0.29, 0.717) is 11.6 Å². The number of carboxylic acids is 1. The third-order valence-corrected chi connectivity index (χ3v) is 5.79. The molecule has 0 bridgehead atoms. The van der Waals surface area contributed by atoms with Crippen LogP contribution in [0, 0.1) is 0 Å². The molecule has 184 valence electrons. The molecule has 6 nitrogen and oxygen atoms in total. The lowest BCUT2D eigenvalue weighted by Gasteiger charge is -2.21. The fourth-order valence-corrected chi connectivity index (χ4v) is 3.89. The number of alkyl halides is 3. The summed E-state index contributed by atoms with van der Waals surface area (Å²) < 4.78 is 31.7. The third-order valence-electron chi connectivity index (χ3n) is 5.47. The van der Waals surface area contributed by atoms with Crippen molar-refractivity contribution < 1.29 is 27.9 Å². The van der Waals surface area contributed by atoms with E-state index >= 15 is 0 Å². The van der Waals surface area contributed by atoms with Gasteiger partial charge in [0, 0.05) is 25.0 Å². The van der Waals surface area contributed by atoms with E-state index in [-0.39, 0.29) is 18.0 Å². The zero-order valence-electron chi connectivity index (χ0n) is 18.7. The standard InChI is InChI=1S/C23H22ClN3O.C2HF3O2/c1-16(17-6-8-18(9-7-17)19-10-13-25-14-11-19)26-21-12-15-27(23(21)28)22-5-3-2-4-20(22)24;3-2(4,5)1(6)7/h2-11,13-14,16,21,26H,12,15H2,1H3;(H,6,7). The Hall–Kier alpha value is -3.43. The molecule has 0 saturated carbocycles. The van der Waals surface area contributed by atoms with E-state index in [9.17, 15) is 18.0 Å². The van der Waals surface area contributed by atoms with Crippen molar-refractivity contribution in [1.29, 1.82) is 0 Å². The number of halogens is 4. The smallest absolute Gasteiger partial charge is 0.475 e. The molecule has 2 atom stereocenters. The van der Waals surface area contributed by atoms with Crippen molar-refractivity contribution in [2.24, 2.45) is 0 Å². The van der Waals surface area contributed by atoms with Crippen LogP contribution in [0.1, 0.15) is 24.9 Å². The summed E-state index contributed by atoms with van der Waals surface area (Å²) in [5.74, 6) is -2.68. The largest absolute Gasteiger partial charge is 0.490 e. The number of para-hydroxylation sites is 1. The lowest BCUT2D eigenvalue weighted by molar-refractivity contribution is -0.192. The number of amides is 1. The van der Waals surface area contributed by atoms with Crippen LogP contribution in [0.2, 0.25) is 5.02 Å². The number of aromatic nitrogens is 1. The molecule has 1 saturated heterocycles. The highest BCUT2D eigenvalue weighted by Gasteiger charge is 2.38. The number of anilines is 1. The average molecular weight is 506 g/mol. The van der Waals surface area contributed by atoms with Gasteiger partial charge in [-0.15, -0.1) is 0 Å². The van der Waals surface area contributed by atoms with E-state index in [2.05, 4.69) is 41.5 Å². The summed E-state index contributed by atoms with van der Waals surface area (Å²) in [6, 6.07) is 19.8. The van der Waals surface area contributed by atoms with Crippen molar-refractivity contribution in [2.45, 2.75) is 31.6 Å². The van der Waals surface area contributed by atoms with E-state index in [4.69, 9.17) is 21.5 Å². The Labute approximate surface area is 205 Å². The van der Waals surface area contributed by atoms with Gasteiger partial charge in [-0.1, -0.05) is 48.0 Å². The molecule has 1 fully saturated rings. The molecule has 0 spiro atoms. The number of nitrogens with one attached hydrogen (secondary N) is 1. The number of hydrogen-bond acceptors (Lipinski definition) is 4. The fourth-order valence-electron chi connectivity index (χ4n) is 3.65. The summed E-state index contributed by atoms with van der Waals surface area (Å²) in [4.78, 5) is 27.6. The lowest BCUT2D eigenvalue weighted by Crippen LogP contribution is -2.39. The summed E-state index contributed by atoms with van der Waals surface area (Å²) in [7, 11) is 0. The van der Waals surface area contributed by atoms with Crippen LogP contribution in [0.25, 0.3) is 11.1 Å². The zero-order chi connectivity index (χ0) is 25.6. The molecule has 2 heterocycles. The summed E-state index contributed by atoms with van der Waals surface area (Å²) in [5, 5.41) is 11.2. The molecule has 2 unspecified atom stereocenters. The van der Waals surface area contributed by atoms with Crippen LogP contribution >= 0.6 is 11.6 Å². The quantitative estimate of drug-likeness (QED) is 0.479. The van der Waals surface area contributed by atoms with E-state index in [1.807, 2.05) is 36.4 Å². The first-order chi connectivity index (χ1) is 16.6. The highest BCUT2D eigenvalue weighted by atomic mass is 35.5. The van der Waals surface area contributed by atoms with Gasteiger partial charge in [-0.25, -0.2) is 4.79 Å². The Morgan fingerprint density at radius 1 is 1.09 bits per heavy atom. The molecular weight excluding hydrogens is 483 g/mol. The van der Waals surface area contributed by atoms with Gasteiger partial charge in [-0.05, 0) is 54.3 Å². The SMILES string of the molecule is CC(NC1CCN(c2ccccc2Cl)C1=O)c1ccc(-c2ccncc2)cc1.O=C(O)C(F)(F)F. The number of nitrogens with zero attached hydrogens (tertiary/aromatic N) is 2. The average Bonchev–Trinajstić information content (AvgIpc) is 3.19. The van der Waals surface area contributed by atoms with Crippen molar-refractivity contribution in [2.75, 3.05) is 11.4 Å². The lowest BCUT2D eigenvalue weighted by atomic mass is 10.0. The minimum Gasteiger partial charge on any atom is -0.475 e. The molecule has 1 aliphatic heterocycles. The van der Waals surface area contributed by atoms with Crippen LogP contribution in [-0.2, 0) is 9.59 Å². The van der Waals surface area contributed by atoms with Gasteiger partial charge in [-0.2, -0.15) is 13.2 Å². The number of pyridine rings is 1. The molecule has 2 N–H and O–H groups in total. The summed E-state index contributed by atoms with van der Waals surface area (Å²) in [6.45, 7) is 2.76. The second-order valence-corrected chi connectivity index (χ2v) is 8.24. The molecule has 0 radical (unpaired) electrons. The predicted octanol–water partition coefficient (Wildman–Crippen LogP) is 5.49. The number of benzene rings is 2. The fraction of sp³-hybridized carbons (Fsp3) is 0.240. The molecule has 4 rings (SSSR count). The van der Waals surface area contributed by atoms with E-state index in [1.165, 1.54) is 0 Å². The Morgan fingerprint density at radius 3 is 2.23 bits per heavy atom. The van der Waals surface area contributed by atoms with Crippen LogP contribution in [0.15, 0.2) is 73.1 Å². The van der Waals surface area contributed by atoms with E-state index in [0.717, 1.165) is 28.8 Å². The van der Waals surface area contributed by atoms with Gasteiger partial charge in [0.05, 0.1) is 16.8 Å². The molecule has 35 heavy (non-hydrogen) atoms. The Bertz CT molecular complexity index is 1160. The van der Waals surface area contributed by atoms with Crippen LogP contribution in [0.3, 0.4) is 0 Å². The van der Waals surface area contributed by atoms with Crippen molar-refractivity contribution in [3.63, 3.8) is 0 Å². The van der Waals surface area contributed by atoms with Crippen molar-refractivity contribution >= 4 is 29.2 Å². The number of rotatable bonds is 5. The van der Waals surface area contributed by atoms with Gasteiger partial charge < -0.3 is 10.0 Å². The summed E-state index contributed by atoms with van der Waals surface area (Å²) in [5.41, 5.74) is 4.23. The molecule has 1 aromatic heterocycles. The maximum Gasteiger partial charge on any atom is 0.490 e. The first kappa shape index (κ1) is 26.2. The number of carboxylic acid groups (broad SMARTS) is 1. The number of carbonyl (C=O) groups excluding carboxylic acids is 1.